The minimum absolute atomic E-state index is 0.184. The monoisotopic (exact) mass is 457 g/mol. The van der Waals surface area contributed by atoms with Gasteiger partial charge >= 0.3 is 0 Å². The quantitative estimate of drug-likeness (QED) is 0.276. The molecular weight excluding hydrogens is 430 g/mol. The van der Waals surface area contributed by atoms with Crippen LogP contribution >= 0.6 is 11.6 Å². The van der Waals surface area contributed by atoms with Crippen LogP contribution in [0.4, 0.5) is 0 Å². The summed E-state index contributed by atoms with van der Waals surface area (Å²) in [4.78, 5) is 19.2. The number of carbonyl (C=O) groups excluding carboxylic acids is 1. The highest BCUT2D eigenvalue weighted by Gasteiger charge is 2.16. The predicted octanol–water partition coefficient (Wildman–Crippen LogP) is 6.69. The minimum Gasteiger partial charge on any atom is -0.309 e. The van der Waals surface area contributed by atoms with Gasteiger partial charge in [0.1, 0.15) is 0 Å². The summed E-state index contributed by atoms with van der Waals surface area (Å²) in [6.07, 6.45) is 3.09. The van der Waals surface area contributed by atoms with Crippen LogP contribution in [0, 0.1) is 6.92 Å². The van der Waals surface area contributed by atoms with Crippen molar-refractivity contribution in [2.45, 2.75) is 19.8 Å². The average Bonchev–Trinajstić information content (AvgIpc) is 3.24. The van der Waals surface area contributed by atoms with Crippen molar-refractivity contribution >= 4 is 17.4 Å². The van der Waals surface area contributed by atoms with Crippen molar-refractivity contribution in [1.82, 2.24) is 14.5 Å². The summed E-state index contributed by atoms with van der Waals surface area (Å²) in [5.74, 6) is 0.184. The molecule has 4 aromatic rings. The van der Waals surface area contributed by atoms with Gasteiger partial charge in [-0.2, -0.15) is 0 Å². The molecule has 2 aromatic carbocycles. The molecule has 2 aromatic heterocycles. The van der Waals surface area contributed by atoms with Crippen LogP contribution in [0.3, 0.4) is 0 Å². The number of hydrogen-bond acceptors (Lipinski definition) is 3. The number of halogens is 1. The van der Waals surface area contributed by atoms with E-state index < -0.39 is 0 Å². The fourth-order valence-electron chi connectivity index (χ4n) is 3.99. The second-order valence-electron chi connectivity index (χ2n) is 8.49. The van der Waals surface area contributed by atoms with E-state index in [2.05, 4.69) is 45.6 Å². The molecule has 0 N–H and O–H groups in total. The van der Waals surface area contributed by atoms with Crippen molar-refractivity contribution < 1.29 is 4.79 Å². The first-order valence-electron chi connectivity index (χ1n) is 11.1. The Morgan fingerprint density at radius 2 is 1.67 bits per heavy atom. The van der Waals surface area contributed by atoms with Gasteiger partial charge in [-0.15, -0.1) is 0 Å². The Morgan fingerprint density at radius 3 is 2.33 bits per heavy atom. The van der Waals surface area contributed by atoms with Crippen LogP contribution in [0.1, 0.15) is 28.8 Å². The molecule has 0 aliphatic carbocycles. The largest absolute Gasteiger partial charge is 0.309 e. The fourth-order valence-corrected chi connectivity index (χ4v) is 4.10. The number of Topliss-reactive ketones (excluding diaryl/α,β-unsaturated/α-hetero) is 1. The molecule has 0 spiro atoms. The Kier molecular flexibility index (Phi) is 7.07. The number of benzene rings is 2. The third kappa shape index (κ3) is 5.24. The standard InChI is InChI=1S/C28H28ClN3O/c1-20-7-4-5-8-25(20)32-26(16-17-27(32)24-15-14-23(29)19-30-24)21-10-12-22(13-11-21)28(33)9-6-18-31(2)3/h4-5,7-8,10-17,19H,6,9,18H2,1-3H3. The van der Waals surface area contributed by atoms with Crippen LogP contribution in [0.25, 0.3) is 28.3 Å². The SMILES string of the molecule is Cc1ccccc1-n1c(-c2ccc(C(=O)CCCN(C)C)cc2)ccc1-c1ccc(Cl)cn1. The maximum atomic E-state index is 12.6. The lowest BCUT2D eigenvalue weighted by atomic mass is 10.0. The molecule has 0 saturated carbocycles. The molecule has 0 bridgehead atoms. The maximum Gasteiger partial charge on any atom is 0.162 e. The highest BCUT2D eigenvalue weighted by molar-refractivity contribution is 6.30. The van der Waals surface area contributed by atoms with E-state index in [9.17, 15) is 4.79 Å². The molecule has 0 fully saturated rings. The third-order valence-electron chi connectivity index (χ3n) is 5.74. The highest BCUT2D eigenvalue weighted by atomic mass is 35.5. The van der Waals surface area contributed by atoms with Crippen molar-refractivity contribution in [3.8, 4) is 28.3 Å². The molecule has 0 amide bonds. The number of pyridine rings is 1. The van der Waals surface area contributed by atoms with Crippen LogP contribution < -0.4 is 0 Å². The van der Waals surface area contributed by atoms with E-state index in [1.807, 2.05) is 62.6 Å². The zero-order valence-corrected chi connectivity index (χ0v) is 20.0. The molecule has 0 atom stereocenters. The number of ketones is 1. The smallest absolute Gasteiger partial charge is 0.162 e. The van der Waals surface area contributed by atoms with Gasteiger partial charge < -0.3 is 9.47 Å². The molecule has 0 aliphatic rings. The van der Waals surface area contributed by atoms with Gasteiger partial charge in [0.2, 0.25) is 0 Å². The first kappa shape index (κ1) is 23.0. The van der Waals surface area contributed by atoms with E-state index in [0.717, 1.165) is 52.4 Å². The Morgan fingerprint density at radius 1 is 0.939 bits per heavy atom. The van der Waals surface area contributed by atoms with E-state index in [1.165, 1.54) is 0 Å². The van der Waals surface area contributed by atoms with Gasteiger partial charge in [-0.25, -0.2) is 0 Å². The summed E-state index contributed by atoms with van der Waals surface area (Å²) in [6.45, 7) is 3.02. The average molecular weight is 458 g/mol. The molecule has 168 valence electrons. The molecule has 0 unspecified atom stereocenters. The van der Waals surface area contributed by atoms with Gasteiger partial charge in [0, 0.05) is 23.9 Å². The third-order valence-corrected chi connectivity index (χ3v) is 5.96. The van der Waals surface area contributed by atoms with E-state index in [-0.39, 0.29) is 5.78 Å². The Hall–Kier alpha value is -3.21. The summed E-state index contributed by atoms with van der Waals surface area (Å²) in [5, 5.41) is 0.610. The number of hydrogen-bond donors (Lipinski definition) is 0. The van der Waals surface area contributed by atoms with Crippen LogP contribution in [0.15, 0.2) is 79.0 Å². The Balaban J connectivity index is 1.71. The lowest BCUT2D eigenvalue weighted by Crippen LogP contribution is -2.14. The summed E-state index contributed by atoms with van der Waals surface area (Å²) >= 11 is 6.07. The zero-order valence-electron chi connectivity index (χ0n) is 19.3. The number of aromatic nitrogens is 2. The fraction of sp³-hybridized carbons (Fsp3) is 0.214. The van der Waals surface area contributed by atoms with Gasteiger partial charge in [-0.1, -0.05) is 54.1 Å². The molecule has 4 nitrogen and oxygen atoms in total. The number of aryl methyl sites for hydroxylation is 1. The molecule has 0 saturated heterocycles. The summed E-state index contributed by atoms with van der Waals surface area (Å²) < 4.78 is 2.22. The van der Waals surface area contributed by atoms with Crippen LogP contribution in [-0.4, -0.2) is 40.9 Å². The topological polar surface area (TPSA) is 38.1 Å². The Labute approximate surface area is 200 Å². The van der Waals surface area contributed by atoms with Gasteiger partial charge in [0.15, 0.2) is 5.78 Å². The first-order chi connectivity index (χ1) is 15.9. The number of carbonyl (C=O) groups is 1. The van der Waals surface area contributed by atoms with Gasteiger partial charge in [-0.05, 0) is 75.4 Å². The molecule has 2 heterocycles. The van der Waals surface area contributed by atoms with E-state index in [1.54, 1.807) is 6.20 Å². The molecule has 4 rings (SSSR count). The molecule has 0 aliphatic heterocycles. The molecular formula is C28H28ClN3O. The summed E-state index contributed by atoms with van der Waals surface area (Å²) in [7, 11) is 4.05. The molecule has 5 heteroatoms. The van der Waals surface area contributed by atoms with Crippen LogP contribution in [0.5, 0.6) is 0 Å². The van der Waals surface area contributed by atoms with Gasteiger partial charge in [0.05, 0.1) is 22.1 Å². The minimum atomic E-state index is 0.184. The van der Waals surface area contributed by atoms with Gasteiger partial charge in [0.25, 0.3) is 0 Å². The second-order valence-corrected chi connectivity index (χ2v) is 8.93. The number of para-hydroxylation sites is 1. The predicted molar refractivity (Wildman–Crippen MR) is 136 cm³/mol. The van der Waals surface area contributed by atoms with E-state index >= 15 is 0 Å². The van der Waals surface area contributed by atoms with Crippen LogP contribution in [-0.2, 0) is 0 Å². The normalized spacial score (nSPS) is 11.2. The van der Waals surface area contributed by atoms with Gasteiger partial charge in [-0.3, -0.25) is 9.78 Å². The van der Waals surface area contributed by atoms with Crippen molar-refractivity contribution in [3.05, 3.63) is 95.1 Å². The highest BCUT2D eigenvalue weighted by Crippen LogP contribution is 2.33. The molecule has 0 radical (unpaired) electrons. The van der Waals surface area contributed by atoms with Crippen molar-refractivity contribution in [3.63, 3.8) is 0 Å². The number of rotatable bonds is 8. The van der Waals surface area contributed by atoms with Crippen LogP contribution in [0.2, 0.25) is 5.02 Å². The summed E-state index contributed by atoms with van der Waals surface area (Å²) in [5.41, 5.74) is 6.93. The van der Waals surface area contributed by atoms with E-state index in [4.69, 9.17) is 11.6 Å². The lowest BCUT2D eigenvalue weighted by Gasteiger charge is -2.16. The summed E-state index contributed by atoms with van der Waals surface area (Å²) in [6, 6.07) is 24.2. The lowest BCUT2D eigenvalue weighted by molar-refractivity contribution is 0.0977. The van der Waals surface area contributed by atoms with E-state index in [0.29, 0.717) is 11.4 Å². The first-order valence-corrected chi connectivity index (χ1v) is 11.5. The number of nitrogens with zero attached hydrogens (tertiary/aromatic N) is 3. The Bertz CT molecular complexity index is 1240. The van der Waals surface area contributed by atoms with Crippen molar-refractivity contribution in [2.24, 2.45) is 0 Å². The second kappa shape index (κ2) is 10.2. The maximum absolute atomic E-state index is 12.6. The van der Waals surface area contributed by atoms with Crippen molar-refractivity contribution in [2.75, 3.05) is 20.6 Å². The van der Waals surface area contributed by atoms with Crippen molar-refractivity contribution in [1.29, 1.82) is 0 Å². The molecule has 33 heavy (non-hydrogen) atoms. The zero-order chi connectivity index (χ0) is 23.4.